The number of unbranched alkanes of at least 4 members (excludes halogenated alkanes) is 14. The van der Waals surface area contributed by atoms with E-state index in [0.717, 1.165) is 77.2 Å². The van der Waals surface area contributed by atoms with Crippen molar-refractivity contribution in [2.45, 2.75) is 168 Å². The van der Waals surface area contributed by atoms with Crippen LogP contribution in [-0.4, -0.2) is 91.7 Å². The number of aliphatic carboxylic acids is 2. The average Bonchev–Trinajstić information content (AvgIpc) is 3.10. The van der Waals surface area contributed by atoms with Crippen LogP contribution in [0.1, 0.15) is 162 Å². The molecule has 0 aromatic carbocycles. The Morgan fingerprint density at radius 3 is 1.60 bits per heavy atom. The second-order valence-corrected chi connectivity index (χ2v) is 13.5. The number of carbonyl (C=O) groups is 6. The summed E-state index contributed by atoms with van der Waals surface area (Å²) in [6.07, 6.45) is 20.1. The second-order valence-electron chi connectivity index (χ2n) is 13.5. The van der Waals surface area contributed by atoms with Crippen LogP contribution in [-0.2, 0) is 38.2 Å². The van der Waals surface area contributed by atoms with Gasteiger partial charge in [-0.15, -0.1) is 0 Å². The third-order valence-electron chi connectivity index (χ3n) is 8.65. The number of hydrogen-bond acceptors (Lipinski definition) is 8. The summed E-state index contributed by atoms with van der Waals surface area (Å²) >= 11 is 0. The lowest BCUT2D eigenvalue weighted by Gasteiger charge is -2.14. The van der Waals surface area contributed by atoms with Gasteiger partial charge in [0.2, 0.25) is 17.7 Å². The third-order valence-corrected chi connectivity index (χ3v) is 8.65. The van der Waals surface area contributed by atoms with E-state index in [9.17, 15) is 28.8 Å². The quantitative estimate of drug-likeness (QED) is 0.0456. The molecule has 0 heterocycles. The van der Waals surface area contributed by atoms with Crippen molar-refractivity contribution >= 4 is 35.4 Å². The lowest BCUT2D eigenvalue weighted by atomic mass is 10.0. The summed E-state index contributed by atoms with van der Waals surface area (Å²) in [6, 6.07) is -1.02. The van der Waals surface area contributed by atoms with E-state index < -0.39 is 18.0 Å². The zero-order chi connectivity index (χ0) is 39.2. The number of amides is 3. The van der Waals surface area contributed by atoms with Gasteiger partial charge in [0.15, 0.2) is 0 Å². The first kappa shape index (κ1) is 51.0. The van der Waals surface area contributed by atoms with Gasteiger partial charge in [-0.25, -0.2) is 4.79 Å². The molecule has 0 saturated heterocycles. The molecule has 2 atom stereocenters. The summed E-state index contributed by atoms with van der Waals surface area (Å²) in [6.45, 7) is 8.04. The van der Waals surface area contributed by atoms with Crippen LogP contribution in [0, 0.1) is 5.92 Å². The van der Waals surface area contributed by atoms with Crippen molar-refractivity contribution in [1.82, 2.24) is 16.0 Å². The summed E-state index contributed by atoms with van der Waals surface area (Å²) in [7, 11) is 1.49. The zero-order valence-electron chi connectivity index (χ0n) is 32.9. The maximum absolute atomic E-state index is 11.9. The molecule has 0 aliphatic carbocycles. The fraction of sp³-hybridized carbons (Fsp3) is 0.846. The van der Waals surface area contributed by atoms with Crippen molar-refractivity contribution in [3.8, 4) is 0 Å². The van der Waals surface area contributed by atoms with Crippen LogP contribution in [0.3, 0.4) is 0 Å². The first-order valence-electron chi connectivity index (χ1n) is 19.8. The normalized spacial score (nSPS) is 11.8. The molecule has 52 heavy (non-hydrogen) atoms. The molecule has 0 rings (SSSR count). The molecule has 3 amide bonds. The van der Waals surface area contributed by atoms with Gasteiger partial charge in [-0.1, -0.05) is 97.3 Å². The van der Waals surface area contributed by atoms with Crippen molar-refractivity contribution < 1.29 is 48.5 Å². The Morgan fingerprint density at radius 2 is 1.12 bits per heavy atom. The van der Waals surface area contributed by atoms with Gasteiger partial charge in [-0.3, -0.25) is 24.0 Å². The molecule has 0 unspecified atom stereocenters. The molecule has 0 aliphatic heterocycles. The van der Waals surface area contributed by atoms with Crippen LogP contribution in [0.2, 0.25) is 0 Å². The molecular weight excluding hydrogens is 670 g/mol. The predicted octanol–water partition coefficient (Wildman–Crippen LogP) is 6.35. The molecule has 304 valence electrons. The van der Waals surface area contributed by atoms with E-state index in [1.54, 1.807) is 6.92 Å². The molecule has 0 aromatic heterocycles. The minimum absolute atomic E-state index is 0.0718. The van der Waals surface area contributed by atoms with Gasteiger partial charge in [0.1, 0.15) is 18.4 Å². The van der Waals surface area contributed by atoms with Gasteiger partial charge in [-0.05, 0) is 45.4 Å². The maximum atomic E-state index is 11.9. The first-order chi connectivity index (χ1) is 24.9. The molecule has 5 N–H and O–H groups in total. The van der Waals surface area contributed by atoms with Gasteiger partial charge in [0.05, 0.1) is 13.2 Å². The fourth-order valence-electron chi connectivity index (χ4n) is 5.19. The summed E-state index contributed by atoms with van der Waals surface area (Å²) < 4.78 is 10.4. The van der Waals surface area contributed by atoms with Crippen LogP contribution in [0.5, 0.6) is 0 Å². The summed E-state index contributed by atoms with van der Waals surface area (Å²) in [4.78, 5) is 67.2. The topological polar surface area (TPSA) is 197 Å². The number of carbonyl (C=O) groups excluding carboxylic acids is 4. The molecule has 0 aromatic rings. The molecule has 13 nitrogen and oxygen atoms in total. The highest BCUT2D eigenvalue weighted by Gasteiger charge is 2.20. The van der Waals surface area contributed by atoms with Crippen LogP contribution >= 0.6 is 0 Å². The molecule has 13 heteroatoms. The summed E-state index contributed by atoms with van der Waals surface area (Å²) in [5, 5.41) is 25.5. The number of ether oxygens (including phenoxy) is 2. The minimum Gasteiger partial charge on any atom is -0.481 e. The van der Waals surface area contributed by atoms with E-state index in [0.29, 0.717) is 32.6 Å². The van der Waals surface area contributed by atoms with E-state index in [-0.39, 0.29) is 48.9 Å². The molecule has 0 radical (unpaired) electrons. The van der Waals surface area contributed by atoms with Crippen molar-refractivity contribution in [2.75, 3.05) is 40.0 Å². The number of carboxylic acid groups (broad SMARTS) is 2. The van der Waals surface area contributed by atoms with Crippen molar-refractivity contribution in [1.29, 1.82) is 0 Å². The average molecular weight is 744 g/mol. The molecule has 0 saturated carbocycles. The molecular formula is C39H73N3O10. The second kappa shape index (κ2) is 37.7. The SMILES string of the molecule is CCCOCCOCC(=O)NCCCC[C@H](C)C(C)=O.CNC(=O)CC[C@H](NC(=O)CCCCCCCCCCCCCCCCC(=O)O)C(=O)O. The van der Waals surface area contributed by atoms with Crippen molar-refractivity contribution in [3.63, 3.8) is 0 Å². The fourth-order valence-corrected chi connectivity index (χ4v) is 5.19. The standard InChI is InChI=1S/C24H44N2O6.C15H29NO4/c1-25-21(27)19-18-20(24(31)32)26-22(28)16-14-12-10-8-6-4-2-3-5-7-9-11-13-15-17-23(29)30;1-4-9-19-10-11-20-12-15(18)16-8-6-5-7-13(2)14(3)17/h20H,2-19H2,1H3,(H,25,27)(H,26,28)(H,29,30)(H,31,32);13H,4-12H2,1-3H3,(H,16,18)/t20-;13-/m00/s1. The Labute approximate surface area is 313 Å². The summed E-state index contributed by atoms with van der Waals surface area (Å²) in [5.74, 6) is -2.06. The van der Waals surface area contributed by atoms with Crippen LogP contribution in [0.4, 0.5) is 0 Å². The Morgan fingerprint density at radius 1 is 0.596 bits per heavy atom. The highest BCUT2D eigenvalue weighted by molar-refractivity contribution is 5.84. The Hall–Kier alpha value is -3.06. The molecule has 0 fully saturated rings. The van der Waals surface area contributed by atoms with Gasteiger partial charge in [0.25, 0.3) is 0 Å². The molecule has 0 aliphatic rings. The number of hydrogen-bond donors (Lipinski definition) is 5. The Kier molecular flexibility index (Phi) is 37.0. The lowest BCUT2D eigenvalue weighted by Crippen LogP contribution is -2.41. The minimum atomic E-state index is -1.11. The highest BCUT2D eigenvalue weighted by atomic mass is 16.5. The van der Waals surface area contributed by atoms with E-state index in [1.165, 1.54) is 52.0 Å². The van der Waals surface area contributed by atoms with E-state index in [4.69, 9.17) is 19.7 Å². The summed E-state index contributed by atoms with van der Waals surface area (Å²) in [5.41, 5.74) is 0. The smallest absolute Gasteiger partial charge is 0.326 e. The predicted molar refractivity (Wildman–Crippen MR) is 203 cm³/mol. The van der Waals surface area contributed by atoms with Crippen LogP contribution in [0.25, 0.3) is 0 Å². The van der Waals surface area contributed by atoms with Gasteiger partial charge in [-0.2, -0.15) is 0 Å². The van der Waals surface area contributed by atoms with Gasteiger partial charge < -0.3 is 35.6 Å². The largest absolute Gasteiger partial charge is 0.481 e. The van der Waals surface area contributed by atoms with Crippen LogP contribution in [0.15, 0.2) is 0 Å². The molecule has 0 spiro atoms. The van der Waals surface area contributed by atoms with Gasteiger partial charge >= 0.3 is 11.9 Å². The number of ketones is 1. The van der Waals surface area contributed by atoms with Gasteiger partial charge in [0, 0.05) is 45.4 Å². The van der Waals surface area contributed by atoms with E-state index >= 15 is 0 Å². The number of carboxylic acids is 2. The number of nitrogens with one attached hydrogen (secondary N) is 3. The molecule has 0 bridgehead atoms. The van der Waals surface area contributed by atoms with Crippen molar-refractivity contribution in [3.05, 3.63) is 0 Å². The van der Waals surface area contributed by atoms with E-state index in [1.807, 2.05) is 13.8 Å². The number of rotatable bonds is 35. The maximum Gasteiger partial charge on any atom is 0.326 e. The lowest BCUT2D eigenvalue weighted by molar-refractivity contribution is -0.142. The monoisotopic (exact) mass is 744 g/mol. The van der Waals surface area contributed by atoms with E-state index in [2.05, 4.69) is 16.0 Å². The number of Topliss-reactive ketones (excluding diaryl/α,β-unsaturated/α-hetero) is 1. The van der Waals surface area contributed by atoms with Crippen LogP contribution < -0.4 is 16.0 Å². The Balaban J connectivity index is 0. The van der Waals surface area contributed by atoms with Crippen molar-refractivity contribution in [2.24, 2.45) is 5.92 Å². The first-order valence-corrected chi connectivity index (χ1v) is 19.8. The third kappa shape index (κ3) is 38.2. The Bertz CT molecular complexity index is 947. The zero-order valence-corrected chi connectivity index (χ0v) is 32.9. The highest BCUT2D eigenvalue weighted by Crippen LogP contribution is 2.14.